The molecule has 130 valence electrons. The van der Waals surface area contributed by atoms with Crippen LogP contribution < -0.4 is 10.6 Å². The molecule has 0 radical (unpaired) electrons. The second-order valence-electron chi connectivity index (χ2n) is 6.17. The highest BCUT2D eigenvalue weighted by molar-refractivity contribution is 8.01. The summed E-state index contributed by atoms with van der Waals surface area (Å²) in [5.74, 6) is 0.514. The second kappa shape index (κ2) is 8.29. The number of nitrogens with one attached hydrogen (secondary N) is 2. The average Bonchev–Trinajstić information content (AvgIpc) is 2.95. The lowest BCUT2D eigenvalue weighted by Crippen LogP contribution is -2.40. The van der Waals surface area contributed by atoms with E-state index in [0.29, 0.717) is 11.8 Å². The van der Waals surface area contributed by atoms with Crippen molar-refractivity contribution in [1.29, 1.82) is 0 Å². The van der Waals surface area contributed by atoms with Gasteiger partial charge in [0.15, 0.2) is 4.34 Å². The van der Waals surface area contributed by atoms with Gasteiger partial charge in [0.25, 0.3) is 0 Å². The second-order valence-corrected chi connectivity index (χ2v) is 8.47. The van der Waals surface area contributed by atoms with Crippen molar-refractivity contribution in [2.24, 2.45) is 0 Å². The third kappa shape index (κ3) is 4.92. The molecule has 3 N–H and O–H groups in total. The molecule has 1 fully saturated rings. The van der Waals surface area contributed by atoms with E-state index in [1.165, 1.54) is 26.2 Å². The van der Waals surface area contributed by atoms with Crippen LogP contribution in [0, 0.1) is 0 Å². The topological polar surface area (TPSA) is 74.2 Å². The molecule has 1 heterocycles. The molecule has 1 amide bonds. The molecule has 24 heavy (non-hydrogen) atoms. The summed E-state index contributed by atoms with van der Waals surface area (Å²) in [7, 11) is 0. The van der Waals surface area contributed by atoms with Gasteiger partial charge in [-0.1, -0.05) is 31.0 Å². The molecule has 1 aromatic carbocycles. The highest BCUT2D eigenvalue weighted by Gasteiger charge is 2.17. The lowest BCUT2D eigenvalue weighted by molar-refractivity contribution is -0.114. The number of aliphatic hydroxyl groups is 1. The number of thiazole rings is 1. The first kappa shape index (κ1) is 17.7. The lowest BCUT2D eigenvalue weighted by atomic mass is 9.95. The van der Waals surface area contributed by atoms with Crippen LogP contribution in [0.5, 0.6) is 0 Å². The van der Waals surface area contributed by atoms with Gasteiger partial charge in [-0.25, -0.2) is 4.98 Å². The van der Waals surface area contributed by atoms with Gasteiger partial charge in [-0.3, -0.25) is 10.1 Å². The predicted molar refractivity (Wildman–Crippen MR) is 101 cm³/mol. The van der Waals surface area contributed by atoms with Crippen LogP contribution in [-0.2, 0) is 4.79 Å². The minimum atomic E-state index is -0.500. The number of carbonyl (C=O) groups excluding carboxylic acids is 1. The molecule has 3 rings (SSSR count). The predicted octanol–water partition coefficient (Wildman–Crippen LogP) is 3.59. The molecule has 0 spiro atoms. The number of aliphatic hydroxyl groups excluding tert-OH is 1. The Morgan fingerprint density at radius 3 is 2.96 bits per heavy atom. The van der Waals surface area contributed by atoms with Gasteiger partial charge < -0.3 is 10.4 Å². The number of fused-ring (bicyclic) bond motifs is 1. The summed E-state index contributed by atoms with van der Waals surface area (Å²) in [6, 6.07) is 6.16. The summed E-state index contributed by atoms with van der Waals surface area (Å²) in [6.07, 6.45) is 5.65. The van der Waals surface area contributed by atoms with Gasteiger partial charge in [-0.15, -0.1) is 11.3 Å². The zero-order valence-corrected chi connectivity index (χ0v) is 15.4. The first-order valence-electron chi connectivity index (χ1n) is 8.35. The molecular weight excluding hydrogens is 342 g/mol. The monoisotopic (exact) mass is 365 g/mol. The van der Waals surface area contributed by atoms with Crippen LogP contribution >= 0.6 is 23.1 Å². The molecular formula is C17H23N3O2S2. The van der Waals surface area contributed by atoms with Gasteiger partial charge >= 0.3 is 0 Å². The quantitative estimate of drug-likeness (QED) is 0.539. The van der Waals surface area contributed by atoms with Crippen molar-refractivity contribution in [3.8, 4) is 0 Å². The molecule has 0 bridgehead atoms. The maximum atomic E-state index is 11.1. The van der Waals surface area contributed by atoms with Crippen molar-refractivity contribution in [2.75, 3.05) is 11.1 Å². The van der Waals surface area contributed by atoms with Crippen LogP contribution in [-0.4, -0.2) is 34.0 Å². The summed E-state index contributed by atoms with van der Waals surface area (Å²) in [5.41, 5.74) is 1.71. The van der Waals surface area contributed by atoms with Crippen molar-refractivity contribution in [3.63, 3.8) is 0 Å². The highest BCUT2D eigenvalue weighted by Crippen LogP contribution is 2.31. The van der Waals surface area contributed by atoms with E-state index in [-0.39, 0.29) is 5.91 Å². The third-order valence-electron chi connectivity index (χ3n) is 4.09. The van der Waals surface area contributed by atoms with Gasteiger partial charge in [0.05, 0.1) is 10.2 Å². The molecule has 5 nitrogen and oxygen atoms in total. The Morgan fingerprint density at radius 2 is 2.21 bits per heavy atom. The molecule has 1 unspecified atom stereocenters. The van der Waals surface area contributed by atoms with E-state index in [1.54, 1.807) is 23.1 Å². The summed E-state index contributed by atoms with van der Waals surface area (Å²) in [4.78, 5) is 15.7. The number of nitrogens with zero attached hydrogens (tertiary/aromatic N) is 1. The molecule has 1 aliphatic carbocycles. The number of aromatic nitrogens is 1. The molecule has 0 aliphatic heterocycles. The van der Waals surface area contributed by atoms with Crippen molar-refractivity contribution in [3.05, 3.63) is 18.2 Å². The van der Waals surface area contributed by atoms with E-state index in [0.717, 1.165) is 33.1 Å². The first-order valence-corrected chi connectivity index (χ1v) is 10.2. The Morgan fingerprint density at radius 1 is 1.42 bits per heavy atom. The Labute approximate surface area is 150 Å². The van der Waals surface area contributed by atoms with E-state index in [9.17, 15) is 9.90 Å². The number of amides is 1. The number of hydrogen-bond donors (Lipinski definition) is 3. The molecule has 7 heteroatoms. The molecule has 1 aromatic heterocycles. The van der Waals surface area contributed by atoms with E-state index in [1.807, 2.05) is 18.2 Å². The van der Waals surface area contributed by atoms with Crippen molar-refractivity contribution in [2.45, 2.75) is 55.6 Å². The lowest BCUT2D eigenvalue weighted by Gasteiger charge is -2.25. The summed E-state index contributed by atoms with van der Waals surface area (Å²) in [5, 5.41) is 16.3. The highest BCUT2D eigenvalue weighted by atomic mass is 32.2. The summed E-state index contributed by atoms with van der Waals surface area (Å²) >= 11 is 3.16. The number of anilines is 1. The molecule has 1 aliphatic rings. The van der Waals surface area contributed by atoms with E-state index in [2.05, 4.69) is 15.6 Å². The zero-order chi connectivity index (χ0) is 16.9. The van der Waals surface area contributed by atoms with E-state index in [4.69, 9.17) is 0 Å². The first-order chi connectivity index (χ1) is 11.6. The Balaban J connectivity index is 1.55. The van der Waals surface area contributed by atoms with Crippen LogP contribution in [0.1, 0.15) is 39.0 Å². The van der Waals surface area contributed by atoms with Crippen LogP contribution in [0.25, 0.3) is 10.2 Å². The smallest absolute Gasteiger partial charge is 0.221 e. The summed E-state index contributed by atoms with van der Waals surface area (Å²) in [6.45, 7) is 1.50. The van der Waals surface area contributed by atoms with E-state index >= 15 is 0 Å². The Bertz CT molecular complexity index is 698. The number of benzene rings is 1. The number of thioether (sulfide) groups is 1. The van der Waals surface area contributed by atoms with Crippen LogP contribution in [0.3, 0.4) is 0 Å². The third-order valence-corrected chi connectivity index (χ3v) is 6.32. The van der Waals surface area contributed by atoms with Gasteiger partial charge in [-0.05, 0) is 31.0 Å². The maximum absolute atomic E-state index is 11.1. The number of hydrogen-bond acceptors (Lipinski definition) is 6. The molecule has 1 atom stereocenters. The van der Waals surface area contributed by atoms with E-state index < -0.39 is 6.23 Å². The number of carbonyl (C=O) groups is 1. The standard InChI is InChI=1S/C17H23N3O2S2/c1-11(21)18-13-7-8-14-15(9-13)24-17(20-14)23-10-16(22)19-12-5-3-2-4-6-12/h7-9,12,16,19,22H,2-6,10H2,1H3,(H,18,21). The minimum absolute atomic E-state index is 0.0784. The van der Waals surface area contributed by atoms with Crippen molar-refractivity contribution < 1.29 is 9.90 Å². The summed E-state index contributed by atoms with van der Waals surface area (Å²) < 4.78 is 1.98. The van der Waals surface area contributed by atoms with Gasteiger partial charge in [-0.2, -0.15) is 0 Å². The van der Waals surface area contributed by atoms with Crippen LogP contribution in [0.4, 0.5) is 5.69 Å². The average molecular weight is 366 g/mol. The maximum Gasteiger partial charge on any atom is 0.221 e. The normalized spacial score (nSPS) is 17.1. The fourth-order valence-electron chi connectivity index (χ4n) is 2.99. The van der Waals surface area contributed by atoms with Crippen molar-refractivity contribution >= 4 is 44.9 Å². The van der Waals surface area contributed by atoms with Gasteiger partial charge in [0, 0.05) is 24.4 Å². The van der Waals surface area contributed by atoms with Crippen LogP contribution in [0.15, 0.2) is 22.5 Å². The molecule has 2 aromatic rings. The molecule has 1 saturated carbocycles. The van der Waals surface area contributed by atoms with Gasteiger partial charge in [0.1, 0.15) is 6.23 Å². The zero-order valence-electron chi connectivity index (χ0n) is 13.7. The Hall–Kier alpha value is -1.15. The fourth-order valence-corrected chi connectivity index (χ4v) is 4.99. The largest absolute Gasteiger partial charge is 0.378 e. The molecule has 0 saturated heterocycles. The van der Waals surface area contributed by atoms with Crippen molar-refractivity contribution in [1.82, 2.24) is 10.3 Å². The van der Waals surface area contributed by atoms with Gasteiger partial charge in [0.2, 0.25) is 5.91 Å². The Kier molecular flexibility index (Phi) is 6.10. The SMILES string of the molecule is CC(=O)Nc1ccc2nc(SCC(O)NC3CCCCC3)sc2c1. The number of rotatable bonds is 6. The fraction of sp³-hybridized carbons (Fsp3) is 0.529. The van der Waals surface area contributed by atoms with Crippen LogP contribution in [0.2, 0.25) is 0 Å². The minimum Gasteiger partial charge on any atom is -0.378 e.